The molecule has 0 saturated carbocycles. The van der Waals surface area contributed by atoms with Gasteiger partial charge in [-0.2, -0.15) is 0 Å². The van der Waals surface area contributed by atoms with Crippen LogP contribution in [0.1, 0.15) is 24.6 Å². The quantitative estimate of drug-likeness (QED) is 0.507. The van der Waals surface area contributed by atoms with Crippen molar-refractivity contribution < 1.29 is 19.0 Å². The van der Waals surface area contributed by atoms with Crippen LogP contribution in [0.15, 0.2) is 54.6 Å². The second-order valence-electron chi connectivity index (χ2n) is 6.73. The molecule has 3 aromatic rings. The molecule has 0 radical (unpaired) electrons. The first kappa shape index (κ1) is 20.5. The Labute approximate surface area is 171 Å². The molecule has 3 rings (SSSR count). The summed E-state index contributed by atoms with van der Waals surface area (Å²) in [5.74, 6) is 1.45. The number of methoxy groups -OCH3 is 2. The van der Waals surface area contributed by atoms with Crippen molar-refractivity contribution in [2.24, 2.45) is 0 Å². The summed E-state index contributed by atoms with van der Waals surface area (Å²) in [6.45, 7) is 4.28. The average Bonchev–Trinajstić information content (AvgIpc) is 3.16. The fourth-order valence-electron chi connectivity index (χ4n) is 3.41. The van der Waals surface area contributed by atoms with E-state index in [1.165, 1.54) is 0 Å². The second-order valence-corrected chi connectivity index (χ2v) is 6.73. The van der Waals surface area contributed by atoms with Crippen molar-refractivity contribution in [2.45, 2.75) is 26.7 Å². The van der Waals surface area contributed by atoms with Crippen molar-refractivity contribution in [1.29, 1.82) is 0 Å². The van der Waals surface area contributed by atoms with Crippen molar-refractivity contribution in [2.75, 3.05) is 20.8 Å². The van der Waals surface area contributed by atoms with Crippen LogP contribution in [0.5, 0.6) is 11.5 Å². The van der Waals surface area contributed by atoms with Crippen molar-refractivity contribution >= 4 is 5.97 Å². The standard InChI is InChI=1S/C24H27NO4/c1-5-29-24(26)15-9-19-8-13-23(18-6-10-20(27-3)11-7-18)25(19)22-14-12-21(28-4)16-17(22)2/h6-8,10-14,16H,5,9,15H2,1-4H3. The number of carbonyl (C=O) groups is 1. The molecule has 0 saturated heterocycles. The van der Waals surface area contributed by atoms with Crippen LogP contribution in [0, 0.1) is 6.92 Å². The van der Waals surface area contributed by atoms with Gasteiger partial charge in [0.15, 0.2) is 0 Å². The molecule has 0 aliphatic heterocycles. The molecule has 0 aliphatic rings. The number of carbonyl (C=O) groups excluding carboxylic acids is 1. The molecule has 152 valence electrons. The fourth-order valence-corrected chi connectivity index (χ4v) is 3.41. The topological polar surface area (TPSA) is 49.7 Å². The van der Waals surface area contributed by atoms with Crippen LogP contribution < -0.4 is 9.47 Å². The predicted molar refractivity (Wildman–Crippen MR) is 114 cm³/mol. The van der Waals surface area contributed by atoms with Crippen molar-refractivity contribution in [3.05, 3.63) is 65.9 Å². The summed E-state index contributed by atoms with van der Waals surface area (Å²) >= 11 is 0. The van der Waals surface area contributed by atoms with E-state index < -0.39 is 0 Å². The average molecular weight is 393 g/mol. The van der Waals surface area contributed by atoms with Crippen LogP contribution >= 0.6 is 0 Å². The van der Waals surface area contributed by atoms with Crippen LogP contribution in [0.25, 0.3) is 16.9 Å². The third-order valence-electron chi connectivity index (χ3n) is 4.88. The normalized spacial score (nSPS) is 10.6. The fraction of sp³-hybridized carbons (Fsp3) is 0.292. The van der Waals surface area contributed by atoms with Crippen LogP contribution in [0.4, 0.5) is 0 Å². The number of nitrogens with zero attached hydrogens (tertiary/aromatic N) is 1. The first-order valence-electron chi connectivity index (χ1n) is 9.73. The van der Waals surface area contributed by atoms with E-state index in [-0.39, 0.29) is 5.97 Å². The molecule has 0 atom stereocenters. The van der Waals surface area contributed by atoms with Crippen LogP contribution in [0.3, 0.4) is 0 Å². The van der Waals surface area contributed by atoms with E-state index in [4.69, 9.17) is 14.2 Å². The van der Waals surface area contributed by atoms with Crippen LogP contribution in [-0.2, 0) is 16.0 Å². The van der Waals surface area contributed by atoms with Gasteiger partial charge in [0, 0.05) is 11.4 Å². The molecule has 0 bridgehead atoms. The van der Waals surface area contributed by atoms with Gasteiger partial charge in [0.05, 0.1) is 32.9 Å². The van der Waals surface area contributed by atoms with E-state index in [1.54, 1.807) is 14.2 Å². The SMILES string of the molecule is CCOC(=O)CCc1ccc(-c2ccc(OC)cc2)n1-c1ccc(OC)cc1C. The van der Waals surface area contributed by atoms with Gasteiger partial charge in [0.2, 0.25) is 0 Å². The lowest BCUT2D eigenvalue weighted by Crippen LogP contribution is -2.09. The van der Waals surface area contributed by atoms with Crippen molar-refractivity contribution in [1.82, 2.24) is 4.57 Å². The number of hydrogen-bond donors (Lipinski definition) is 0. The molecule has 0 spiro atoms. The number of hydrogen-bond acceptors (Lipinski definition) is 4. The number of aryl methyl sites for hydroxylation is 2. The first-order valence-corrected chi connectivity index (χ1v) is 9.73. The van der Waals surface area contributed by atoms with Gasteiger partial charge < -0.3 is 18.8 Å². The number of esters is 1. The van der Waals surface area contributed by atoms with Gasteiger partial charge in [-0.25, -0.2) is 0 Å². The molecule has 0 fully saturated rings. The van der Waals surface area contributed by atoms with E-state index in [1.807, 2.05) is 43.3 Å². The maximum absolute atomic E-state index is 11.9. The summed E-state index contributed by atoms with van der Waals surface area (Å²) in [5.41, 5.74) is 5.33. The zero-order valence-electron chi connectivity index (χ0n) is 17.4. The van der Waals surface area contributed by atoms with Gasteiger partial charge >= 0.3 is 5.97 Å². The molecule has 0 amide bonds. The Morgan fingerprint density at radius 2 is 1.62 bits per heavy atom. The highest BCUT2D eigenvalue weighted by Gasteiger charge is 2.15. The van der Waals surface area contributed by atoms with E-state index in [0.29, 0.717) is 19.4 Å². The highest BCUT2D eigenvalue weighted by molar-refractivity contribution is 5.70. The summed E-state index contributed by atoms with van der Waals surface area (Å²) < 4.78 is 18.0. The largest absolute Gasteiger partial charge is 0.497 e. The zero-order valence-corrected chi connectivity index (χ0v) is 17.4. The van der Waals surface area contributed by atoms with Crippen molar-refractivity contribution in [3.63, 3.8) is 0 Å². The van der Waals surface area contributed by atoms with E-state index in [2.05, 4.69) is 29.7 Å². The van der Waals surface area contributed by atoms with Crippen LogP contribution in [-0.4, -0.2) is 31.4 Å². The summed E-state index contributed by atoms with van der Waals surface area (Å²) in [7, 11) is 3.32. The molecule has 1 heterocycles. The minimum atomic E-state index is -0.183. The lowest BCUT2D eigenvalue weighted by molar-refractivity contribution is -0.143. The molecular formula is C24H27NO4. The number of benzene rings is 2. The summed E-state index contributed by atoms with van der Waals surface area (Å²) in [6, 6.07) is 18.2. The molecular weight excluding hydrogens is 366 g/mol. The Morgan fingerprint density at radius 1 is 0.931 bits per heavy atom. The zero-order chi connectivity index (χ0) is 20.8. The molecule has 0 unspecified atom stereocenters. The van der Waals surface area contributed by atoms with Gasteiger partial charge in [-0.1, -0.05) is 0 Å². The van der Waals surface area contributed by atoms with E-state index >= 15 is 0 Å². The molecule has 0 N–H and O–H groups in total. The monoisotopic (exact) mass is 393 g/mol. The third kappa shape index (κ3) is 4.62. The molecule has 29 heavy (non-hydrogen) atoms. The Bertz CT molecular complexity index is 973. The number of aromatic nitrogens is 1. The highest BCUT2D eigenvalue weighted by atomic mass is 16.5. The smallest absolute Gasteiger partial charge is 0.306 e. The van der Waals surface area contributed by atoms with Gasteiger partial charge in [-0.15, -0.1) is 0 Å². The Morgan fingerprint density at radius 3 is 2.24 bits per heavy atom. The van der Waals surface area contributed by atoms with E-state index in [9.17, 15) is 4.79 Å². The Balaban J connectivity index is 2.05. The summed E-state index contributed by atoms with van der Waals surface area (Å²) in [6.07, 6.45) is 0.940. The van der Waals surface area contributed by atoms with E-state index in [0.717, 1.165) is 39.7 Å². The van der Waals surface area contributed by atoms with Gasteiger partial charge in [-0.3, -0.25) is 4.79 Å². The summed E-state index contributed by atoms with van der Waals surface area (Å²) in [5, 5.41) is 0. The third-order valence-corrected chi connectivity index (χ3v) is 4.88. The molecule has 2 aromatic carbocycles. The van der Waals surface area contributed by atoms with Gasteiger partial charge in [0.1, 0.15) is 11.5 Å². The molecule has 5 nitrogen and oxygen atoms in total. The second kappa shape index (κ2) is 9.32. The number of ether oxygens (including phenoxy) is 3. The lowest BCUT2D eigenvalue weighted by Gasteiger charge is -2.17. The van der Waals surface area contributed by atoms with Crippen LogP contribution in [0.2, 0.25) is 0 Å². The highest BCUT2D eigenvalue weighted by Crippen LogP contribution is 2.31. The molecule has 1 aromatic heterocycles. The number of rotatable bonds is 8. The summed E-state index contributed by atoms with van der Waals surface area (Å²) in [4.78, 5) is 11.9. The maximum Gasteiger partial charge on any atom is 0.306 e. The molecule has 5 heteroatoms. The Kier molecular flexibility index (Phi) is 6.60. The predicted octanol–water partition coefficient (Wildman–Crippen LogP) is 4.97. The lowest BCUT2D eigenvalue weighted by atomic mass is 10.1. The van der Waals surface area contributed by atoms with Gasteiger partial charge in [0.25, 0.3) is 0 Å². The Hall–Kier alpha value is -3.21. The first-order chi connectivity index (χ1) is 14.1. The van der Waals surface area contributed by atoms with Crippen molar-refractivity contribution in [3.8, 4) is 28.4 Å². The molecule has 0 aliphatic carbocycles. The minimum absolute atomic E-state index is 0.183. The maximum atomic E-state index is 11.9. The minimum Gasteiger partial charge on any atom is -0.497 e. The van der Waals surface area contributed by atoms with Gasteiger partial charge in [-0.05, 0) is 86.0 Å².